The highest BCUT2D eigenvalue weighted by Crippen LogP contribution is 2.36. The first-order chi connectivity index (χ1) is 13.5. The Morgan fingerprint density at radius 3 is 2.64 bits per heavy atom. The summed E-state index contributed by atoms with van der Waals surface area (Å²) in [4.78, 5) is 14.3. The van der Waals surface area contributed by atoms with E-state index in [4.69, 9.17) is 9.47 Å². The van der Waals surface area contributed by atoms with Gasteiger partial charge < -0.3 is 14.6 Å². The Labute approximate surface area is 171 Å². The summed E-state index contributed by atoms with van der Waals surface area (Å²) in [7, 11) is 3.25. The lowest BCUT2D eigenvalue weighted by Gasteiger charge is -2.21. The summed E-state index contributed by atoms with van der Waals surface area (Å²) in [5.41, 5.74) is 2.25. The van der Waals surface area contributed by atoms with Gasteiger partial charge in [0.05, 0.1) is 30.0 Å². The van der Waals surface area contributed by atoms with E-state index in [2.05, 4.69) is 21.0 Å². The van der Waals surface area contributed by atoms with Crippen LogP contribution in [0.5, 0.6) is 11.5 Å². The van der Waals surface area contributed by atoms with Crippen molar-refractivity contribution in [2.45, 2.75) is 13.2 Å². The number of carbonyl (C=O) groups excluding carboxylic acids is 1. The monoisotopic (exact) mass is 445 g/mol. The number of aromatic nitrogens is 2. The first kappa shape index (κ1) is 19.8. The van der Waals surface area contributed by atoms with Gasteiger partial charge in [-0.1, -0.05) is 30.3 Å². The molecule has 3 rings (SSSR count). The molecule has 3 aromatic rings. The Kier molecular flexibility index (Phi) is 6.20. The molecule has 0 spiro atoms. The number of methoxy groups -OCH3 is 1. The molecule has 0 aliphatic rings. The number of carbonyl (C=O) groups is 1. The topological polar surface area (TPSA) is 76.8 Å². The van der Waals surface area contributed by atoms with Crippen molar-refractivity contribution in [2.75, 3.05) is 12.0 Å². The number of phenolic OH excluding ortho intramolecular Hbond substituents is 1. The maximum atomic E-state index is 12.8. The molecule has 0 aliphatic heterocycles. The highest BCUT2D eigenvalue weighted by Gasteiger charge is 2.21. The number of aryl methyl sites for hydroxylation is 1. The summed E-state index contributed by atoms with van der Waals surface area (Å²) in [6, 6.07) is 12.9. The molecule has 0 saturated carbocycles. The lowest BCUT2D eigenvalue weighted by Crippen LogP contribution is -2.30. The van der Waals surface area contributed by atoms with E-state index >= 15 is 0 Å². The molecule has 8 heteroatoms. The second-order valence-electron chi connectivity index (χ2n) is 6.13. The van der Waals surface area contributed by atoms with Crippen molar-refractivity contribution in [1.82, 2.24) is 9.78 Å². The molecule has 0 atom stereocenters. The molecule has 7 nitrogen and oxygen atoms in total. The van der Waals surface area contributed by atoms with Crippen molar-refractivity contribution in [3.05, 3.63) is 70.5 Å². The minimum atomic E-state index is -0.500. The average Bonchev–Trinajstić information content (AvgIpc) is 3.13. The minimum absolute atomic E-state index is 0.00540. The smallest absolute Gasteiger partial charge is 0.415 e. The van der Waals surface area contributed by atoms with Crippen LogP contribution in [0.3, 0.4) is 0 Å². The van der Waals surface area contributed by atoms with Gasteiger partial charge in [0.2, 0.25) is 0 Å². The predicted molar refractivity (Wildman–Crippen MR) is 108 cm³/mol. The van der Waals surface area contributed by atoms with Gasteiger partial charge in [-0.25, -0.2) is 4.79 Å². The van der Waals surface area contributed by atoms with E-state index in [0.29, 0.717) is 15.9 Å². The van der Waals surface area contributed by atoms with Gasteiger partial charge >= 0.3 is 6.09 Å². The number of phenols is 1. The van der Waals surface area contributed by atoms with Crippen molar-refractivity contribution in [3.8, 4) is 11.5 Å². The van der Waals surface area contributed by atoms with E-state index in [0.717, 1.165) is 11.1 Å². The number of aromatic hydroxyl groups is 1. The fourth-order valence-corrected chi connectivity index (χ4v) is 3.15. The number of ether oxygens (including phenoxy) is 2. The Bertz CT molecular complexity index is 959. The third-order valence-corrected chi connectivity index (χ3v) is 4.68. The van der Waals surface area contributed by atoms with Crippen molar-refractivity contribution in [3.63, 3.8) is 0 Å². The third kappa shape index (κ3) is 4.64. The summed E-state index contributed by atoms with van der Waals surface area (Å²) < 4.78 is 12.8. The second kappa shape index (κ2) is 8.79. The van der Waals surface area contributed by atoms with Crippen molar-refractivity contribution in [1.29, 1.82) is 0 Å². The van der Waals surface area contributed by atoms with Crippen molar-refractivity contribution in [2.24, 2.45) is 7.05 Å². The Morgan fingerprint density at radius 2 is 2.00 bits per heavy atom. The molecule has 28 heavy (non-hydrogen) atoms. The number of benzene rings is 2. The maximum Gasteiger partial charge on any atom is 0.415 e. The zero-order valence-electron chi connectivity index (χ0n) is 15.5. The molecule has 146 valence electrons. The van der Waals surface area contributed by atoms with Crippen LogP contribution in [0.1, 0.15) is 11.1 Å². The third-order valence-electron chi connectivity index (χ3n) is 4.08. The first-order valence-corrected chi connectivity index (χ1v) is 9.29. The van der Waals surface area contributed by atoms with Gasteiger partial charge in [-0.2, -0.15) is 5.10 Å². The molecule has 2 aromatic carbocycles. The molecule has 0 saturated heterocycles. The maximum absolute atomic E-state index is 12.8. The van der Waals surface area contributed by atoms with Gasteiger partial charge in [0, 0.05) is 13.2 Å². The zero-order valence-corrected chi connectivity index (χ0v) is 17.1. The molecular weight excluding hydrogens is 426 g/mol. The molecule has 0 bridgehead atoms. The molecule has 0 fully saturated rings. The van der Waals surface area contributed by atoms with Gasteiger partial charge in [0.1, 0.15) is 6.61 Å². The van der Waals surface area contributed by atoms with Gasteiger partial charge in [-0.15, -0.1) is 0 Å². The minimum Gasteiger partial charge on any atom is -0.503 e. The van der Waals surface area contributed by atoms with Crippen LogP contribution in [0.2, 0.25) is 0 Å². The van der Waals surface area contributed by atoms with E-state index in [-0.39, 0.29) is 18.9 Å². The Morgan fingerprint density at radius 1 is 1.25 bits per heavy atom. The highest BCUT2D eigenvalue weighted by molar-refractivity contribution is 9.10. The van der Waals surface area contributed by atoms with E-state index in [1.165, 1.54) is 12.0 Å². The number of amides is 1. The molecule has 0 aliphatic carbocycles. The van der Waals surface area contributed by atoms with Gasteiger partial charge in [-0.05, 0) is 39.2 Å². The molecule has 1 heterocycles. The molecule has 0 radical (unpaired) electrons. The molecule has 1 aromatic heterocycles. The molecular formula is C20H20BrN3O4. The summed E-state index contributed by atoms with van der Waals surface area (Å²) in [6.07, 6.45) is 2.83. The van der Waals surface area contributed by atoms with E-state index in [1.54, 1.807) is 36.3 Å². The number of nitrogens with zero attached hydrogens (tertiary/aromatic N) is 3. The summed E-state index contributed by atoms with van der Waals surface area (Å²) in [6.45, 7) is 0.383. The van der Waals surface area contributed by atoms with Gasteiger partial charge in [0.15, 0.2) is 11.5 Å². The standard InChI is InChI=1S/C20H20BrN3O4/c1-23-12-16(10-22-23)24(20(26)28-13-14-6-4-3-5-7-14)11-15-8-17(21)19(25)18(9-15)27-2/h3-10,12,25H,11,13H2,1-2H3. The summed E-state index contributed by atoms with van der Waals surface area (Å²) in [5.74, 6) is 0.319. The second-order valence-corrected chi connectivity index (χ2v) is 6.98. The zero-order chi connectivity index (χ0) is 20.1. The van der Waals surface area contributed by atoms with Crippen LogP contribution in [0.15, 0.2) is 59.3 Å². The van der Waals surface area contributed by atoms with Crippen molar-refractivity contribution >= 4 is 27.7 Å². The van der Waals surface area contributed by atoms with Crippen LogP contribution in [-0.4, -0.2) is 28.1 Å². The highest BCUT2D eigenvalue weighted by atomic mass is 79.9. The van der Waals surface area contributed by atoms with E-state index in [1.807, 2.05) is 30.3 Å². The number of hydrogen-bond donors (Lipinski definition) is 1. The van der Waals surface area contributed by atoms with Crippen LogP contribution >= 0.6 is 15.9 Å². The van der Waals surface area contributed by atoms with Crippen LogP contribution < -0.4 is 9.64 Å². The summed E-state index contributed by atoms with van der Waals surface area (Å²) >= 11 is 3.31. The largest absolute Gasteiger partial charge is 0.503 e. The van der Waals surface area contributed by atoms with E-state index < -0.39 is 6.09 Å². The fourth-order valence-electron chi connectivity index (χ4n) is 2.66. The molecule has 0 unspecified atom stereocenters. The van der Waals surface area contributed by atoms with Crippen LogP contribution in [0.25, 0.3) is 0 Å². The Hall–Kier alpha value is -3.00. The predicted octanol–water partition coefficient (Wildman–Crippen LogP) is 4.24. The van der Waals surface area contributed by atoms with Crippen molar-refractivity contribution < 1.29 is 19.4 Å². The Balaban J connectivity index is 1.83. The lowest BCUT2D eigenvalue weighted by molar-refractivity contribution is 0.146. The summed E-state index contributed by atoms with van der Waals surface area (Å²) in [5, 5.41) is 14.1. The van der Waals surface area contributed by atoms with Crippen LogP contribution in [0.4, 0.5) is 10.5 Å². The van der Waals surface area contributed by atoms with Crippen LogP contribution in [-0.2, 0) is 24.9 Å². The lowest BCUT2D eigenvalue weighted by atomic mass is 10.2. The van der Waals surface area contributed by atoms with Gasteiger partial charge in [0.25, 0.3) is 0 Å². The normalized spacial score (nSPS) is 10.5. The van der Waals surface area contributed by atoms with Gasteiger partial charge in [-0.3, -0.25) is 9.58 Å². The number of halogens is 1. The average molecular weight is 446 g/mol. The first-order valence-electron chi connectivity index (χ1n) is 8.50. The molecule has 1 amide bonds. The fraction of sp³-hybridized carbons (Fsp3) is 0.200. The number of hydrogen-bond acceptors (Lipinski definition) is 5. The number of anilines is 1. The van der Waals surface area contributed by atoms with E-state index in [9.17, 15) is 9.90 Å². The SMILES string of the molecule is COc1cc(CN(C(=O)OCc2ccccc2)c2cnn(C)c2)cc(Br)c1O. The van der Waals surface area contributed by atoms with Crippen LogP contribution in [0, 0.1) is 0 Å². The quantitative estimate of drug-likeness (QED) is 0.613. The molecule has 1 N–H and O–H groups in total. The number of rotatable bonds is 6.